The summed E-state index contributed by atoms with van der Waals surface area (Å²) < 4.78 is 0. The Labute approximate surface area is 132 Å². The molecule has 5 heteroatoms. The van der Waals surface area contributed by atoms with Crippen LogP contribution in [0.25, 0.3) is 11.1 Å². The van der Waals surface area contributed by atoms with Crippen molar-refractivity contribution in [3.8, 4) is 0 Å². The highest BCUT2D eigenvalue weighted by Crippen LogP contribution is 2.34. The van der Waals surface area contributed by atoms with Crippen molar-refractivity contribution in [1.82, 2.24) is 4.98 Å². The number of hydrogen-bond acceptors (Lipinski definition) is 2. The monoisotopic (exact) mass is 321 g/mol. The number of allylic oxidation sites excluding steroid dienone is 1. The summed E-state index contributed by atoms with van der Waals surface area (Å²) in [5.41, 5.74) is 2.07. The van der Waals surface area contributed by atoms with Crippen LogP contribution >= 0.6 is 23.2 Å². The van der Waals surface area contributed by atoms with Crippen molar-refractivity contribution in [1.29, 1.82) is 0 Å². The Morgan fingerprint density at radius 1 is 1.29 bits per heavy atom. The van der Waals surface area contributed by atoms with E-state index in [1.807, 2.05) is 6.92 Å². The third-order valence-corrected chi connectivity index (χ3v) is 3.62. The predicted molar refractivity (Wildman–Crippen MR) is 85.4 cm³/mol. The van der Waals surface area contributed by atoms with Gasteiger partial charge in [0.05, 0.1) is 5.57 Å². The number of pyridine rings is 1. The summed E-state index contributed by atoms with van der Waals surface area (Å²) in [6, 6.07) is 8.46. The van der Waals surface area contributed by atoms with E-state index in [-0.39, 0.29) is 5.57 Å². The smallest absolute Gasteiger partial charge is 0.336 e. The Bertz CT molecular complexity index is 697. The van der Waals surface area contributed by atoms with Gasteiger partial charge in [-0.1, -0.05) is 42.3 Å². The average molecular weight is 322 g/mol. The van der Waals surface area contributed by atoms with Crippen molar-refractivity contribution >= 4 is 40.3 Å². The highest BCUT2D eigenvalue weighted by atomic mass is 35.5. The van der Waals surface area contributed by atoms with E-state index < -0.39 is 5.97 Å². The average Bonchev–Trinajstić information content (AvgIpc) is 2.46. The van der Waals surface area contributed by atoms with Gasteiger partial charge in [-0.15, -0.1) is 0 Å². The normalized spacial score (nSPS) is 12.0. The molecule has 1 N–H and O–H groups in total. The van der Waals surface area contributed by atoms with Crippen LogP contribution in [0.3, 0.4) is 0 Å². The second-order valence-electron chi connectivity index (χ2n) is 4.38. The lowest BCUT2D eigenvalue weighted by Gasteiger charge is -2.13. The van der Waals surface area contributed by atoms with E-state index in [4.69, 9.17) is 23.2 Å². The van der Waals surface area contributed by atoms with Gasteiger partial charge in [0, 0.05) is 28.0 Å². The summed E-state index contributed by atoms with van der Waals surface area (Å²) in [6.07, 6.45) is 3.66. The zero-order chi connectivity index (χ0) is 15.4. The Balaban J connectivity index is 2.71. The molecule has 0 amide bonds. The van der Waals surface area contributed by atoms with Crippen molar-refractivity contribution in [2.24, 2.45) is 0 Å². The Morgan fingerprint density at radius 2 is 2.05 bits per heavy atom. The minimum absolute atomic E-state index is 0.204. The Morgan fingerprint density at radius 3 is 2.57 bits per heavy atom. The third-order valence-electron chi connectivity index (χ3n) is 3.08. The number of rotatable bonds is 4. The first-order valence-corrected chi connectivity index (χ1v) is 7.12. The molecule has 0 saturated carbocycles. The third kappa shape index (κ3) is 3.43. The molecule has 3 nitrogen and oxygen atoms in total. The summed E-state index contributed by atoms with van der Waals surface area (Å²) in [6.45, 7) is 1.89. The number of aliphatic carboxylic acids is 1. The summed E-state index contributed by atoms with van der Waals surface area (Å²) in [5.74, 6) is -1.01. The zero-order valence-electron chi connectivity index (χ0n) is 11.3. The van der Waals surface area contributed by atoms with Crippen molar-refractivity contribution in [3.63, 3.8) is 0 Å². The lowest BCUT2D eigenvalue weighted by molar-refractivity contribution is -0.130. The molecule has 0 aliphatic heterocycles. The molecular formula is C16H13Cl2NO2. The van der Waals surface area contributed by atoms with Crippen LogP contribution in [0, 0.1) is 0 Å². The van der Waals surface area contributed by atoms with Gasteiger partial charge < -0.3 is 5.11 Å². The molecule has 108 valence electrons. The number of carboxylic acids is 1. The van der Waals surface area contributed by atoms with Crippen LogP contribution < -0.4 is 0 Å². The number of carbonyl (C=O) groups is 1. The van der Waals surface area contributed by atoms with Crippen molar-refractivity contribution in [2.75, 3.05) is 0 Å². The first-order valence-electron chi connectivity index (χ1n) is 6.36. The fourth-order valence-corrected chi connectivity index (χ4v) is 2.70. The largest absolute Gasteiger partial charge is 0.478 e. The van der Waals surface area contributed by atoms with Gasteiger partial charge in [-0.25, -0.2) is 4.79 Å². The molecule has 2 rings (SSSR count). The van der Waals surface area contributed by atoms with Crippen molar-refractivity contribution < 1.29 is 9.90 Å². The maximum atomic E-state index is 11.7. The maximum absolute atomic E-state index is 11.7. The van der Waals surface area contributed by atoms with Crippen LogP contribution in [0.4, 0.5) is 0 Å². The van der Waals surface area contributed by atoms with E-state index in [0.717, 1.165) is 0 Å². The minimum atomic E-state index is -1.01. The molecule has 0 unspecified atom stereocenters. The minimum Gasteiger partial charge on any atom is -0.478 e. The van der Waals surface area contributed by atoms with Gasteiger partial charge in [0.2, 0.25) is 0 Å². The van der Waals surface area contributed by atoms with E-state index in [0.29, 0.717) is 33.2 Å². The van der Waals surface area contributed by atoms with Crippen LogP contribution in [0.1, 0.15) is 24.5 Å². The predicted octanol–water partition coefficient (Wildman–Crippen LogP) is 4.79. The van der Waals surface area contributed by atoms with Crippen LogP contribution in [0.2, 0.25) is 10.0 Å². The first-order chi connectivity index (χ1) is 10.0. The molecular weight excluding hydrogens is 309 g/mol. The molecule has 0 fully saturated rings. The second kappa shape index (κ2) is 6.74. The van der Waals surface area contributed by atoms with Crippen LogP contribution in [0.15, 0.2) is 42.7 Å². The van der Waals surface area contributed by atoms with Gasteiger partial charge in [0.15, 0.2) is 0 Å². The second-order valence-corrected chi connectivity index (χ2v) is 5.22. The fraction of sp³-hybridized carbons (Fsp3) is 0.125. The topological polar surface area (TPSA) is 50.2 Å². The quantitative estimate of drug-likeness (QED) is 0.823. The van der Waals surface area contributed by atoms with Crippen LogP contribution in [-0.4, -0.2) is 16.1 Å². The summed E-state index contributed by atoms with van der Waals surface area (Å²) in [5, 5.41) is 10.5. The van der Waals surface area contributed by atoms with E-state index in [1.54, 1.807) is 36.5 Å². The van der Waals surface area contributed by atoms with Gasteiger partial charge in [-0.3, -0.25) is 4.98 Å². The maximum Gasteiger partial charge on any atom is 0.336 e. The number of nitrogens with zero attached hydrogens (tertiary/aromatic N) is 1. The van der Waals surface area contributed by atoms with Gasteiger partial charge in [0.1, 0.15) is 0 Å². The SMILES string of the molecule is CCC(=C(C(=O)O)c1cccnc1)c1ccc(Cl)cc1Cl. The number of hydrogen-bond donors (Lipinski definition) is 1. The Hall–Kier alpha value is -1.84. The van der Waals surface area contributed by atoms with Gasteiger partial charge in [-0.2, -0.15) is 0 Å². The van der Waals surface area contributed by atoms with Crippen LogP contribution in [-0.2, 0) is 4.79 Å². The molecule has 1 aromatic carbocycles. The van der Waals surface area contributed by atoms with E-state index >= 15 is 0 Å². The summed E-state index contributed by atoms with van der Waals surface area (Å²) in [7, 11) is 0. The van der Waals surface area contributed by atoms with E-state index in [2.05, 4.69) is 4.98 Å². The highest BCUT2D eigenvalue weighted by Gasteiger charge is 2.19. The fourth-order valence-electron chi connectivity index (χ4n) is 2.17. The standard InChI is InChI=1S/C16H13Cl2NO2/c1-2-12(13-6-5-11(17)8-14(13)18)15(16(20)21)10-4-3-7-19-9-10/h3-9H,2H2,1H3,(H,20,21). The molecule has 0 spiro atoms. The number of benzene rings is 1. The highest BCUT2D eigenvalue weighted by molar-refractivity contribution is 6.36. The molecule has 0 aliphatic rings. The molecule has 0 radical (unpaired) electrons. The summed E-state index contributed by atoms with van der Waals surface area (Å²) >= 11 is 12.1. The molecule has 1 heterocycles. The molecule has 0 aliphatic carbocycles. The zero-order valence-corrected chi connectivity index (χ0v) is 12.8. The van der Waals surface area contributed by atoms with E-state index in [9.17, 15) is 9.90 Å². The van der Waals surface area contributed by atoms with Gasteiger partial charge >= 0.3 is 5.97 Å². The number of carboxylic acid groups (broad SMARTS) is 1. The van der Waals surface area contributed by atoms with E-state index in [1.165, 1.54) is 6.20 Å². The Kier molecular flexibility index (Phi) is 4.99. The first kappa shape index (κ1) is 15.5. The van der Waals surface area contributed by atoms with Crippen LogP contribution in [0.5, 0.6) is 0 Å². The molecule has 0 atom stereocenters. The molecule has 0 bridgehead atoms. The molecule has 0 saturated heterocycles. The number of aromatic nitrogens is 1. The molecule has 21 heavy (non-hydrogen) atoms. The van der Waals surface area contributed by atoms with Gasteiger partial charge in [0.25, 0.3) is 0 Å². The lowest BCUT2D eigenvalue weighted by Crippen LogP contribution is -2.04. The molecule has 1 aromatic heterocycles. The van der Waals surface area contributed by atoms with Crippen molar-refractivity contribution in [3.05, 3.63) is 63.9 Å². The number of halogens is 2. The van der Waals surface area contributed by atoms with Gasteiger partial charge in [-0.05, 0) is 35.8 Å². The lowest BCUT2D eigenvalue weighted by atomic mass is 9.93. The summed E-state index contributed by atoms with van der Waals surface area (Å²) in [4.78, 5) is 15.7. The molecule has 2 aromatic rings. The van der Waals surface area contributed by atoms with Crippen molar-refractivity contribution in [2.45, 2.75) is 13.3 Å².